The first kappa shape index (κ1) is 16.8. The number of benzene rings is 1. The second kappa shape index (κ2) is 5.93. The molecular formula is C16H22BFO4. The minimum atomic E-state index is -0.631. The van der Waals surface area contributed by atoms with E-state index in [-0.39, 0.29) is 0 Å². The predicted molar refractivity (Wildman–Crippen MR) is 84.7 cm³/mol. The van der Waals surface area contributed by atoms with E-state index in [1.165, 1.54) is 32.6 Å². The van der Waals surface area contributed by atoms with Crippen molar-refractivity contribution in [3.8, 4) is 5.75 Å². The molecule has 6 heteroatoms. The highest BCUT2D eigenvalue weighted by molar-refractivity contribution is 6.62. The number of hydrogen-bond acceptors (Lipinski definition) is 4. The van der Waals surface area contributed by atoms with Crippen molar-refractivity contribution >= 4 is 18.7 Å². The van der Waals surface area contributed by atoms with E-state index in [2.05, 4.69) is 0 Å². The van der Waals surface area contributed by atoms with Gasteiger partial charge in [-0.3, -0.25) is 0 Å². The number of rotatable bonds is 4. The molecule has 0 atom stereocenters. The van der Waals surface area contributed by atoms with E-state index in [0.717, 1.165) is 0 Å². The molecule has 4 nitrogen and oxygen atoms in total. The molecule has 0 saturated carbocycles. The van der Waals surface area contributed by atoms with Gasteiger partial charge in [-0.2, -0.15) is 0 Å². The molecule has 2 rings (SSSR count). The summed E-state index contributed by atoms with van der Waals surface area (Å²) < 4.78 is 36.3. The molecule has 1 heterocycles. The molecule has 1 aromatic rings. The minimum absolute atomic E-state index is 0.324. The molecule has 0 N–H and O–H groups in total. The summed E-state index contributed by atoms with van der Waals surface area (Å²) in [5.74, 6) is -0.0182. The van der Waals surface area contributed by atoms with Crippen molar-refractivity contribution in [3.63, 3.8) is 0 Å². The molecule has 0 bridgehead atoms. The normalized spacial score (nSPS) is 19.7. The van der Waals surface area contributed by atoms with Crippen molar-refractivity contribution in [1.82, 2.24) is 0 Å². The summed E-state index contributed by atoms with van der Waals surface area (Å²) in [6.07, 6.45) is 2.91. The zero-order valence-corrected chi connectivity index (χ0v) is 13.9. The van der Waals surface area contributed by atoms with Crippen molar-refractivity contribution in [3.05, 3.63) is 29.8 Å². The highest BCUT2D eigenvalue weighted by atomic mass is 19.1. The largest absolute Gasteiger partial charge is 0.504 e. The summed E-state index contributed by atoms with van der Waals surface area (Å²) in [5.41, 5.74) is -0.0429. The van der Waals surface area contributed by atoms with E-state index in [0.29, 0.717) is 16.8 Å². The van der Waals surface area contributed by atoms with Crippen LogP contribution in [-0.2, 0) is 14.0 Å². The minimum Gasteiger partial charge on any atom is -0.504 e. The third kappa shape index (κ3) is 2.98. The zero-order valence-electron chi connectivity index (χ0n) is 13.9. The Morgan fingerprint density at radius 1 is 1.09 bits per heavy atom. The van der Waals surface area contributed by atoms with E-state index in [9.17, 15) is 4.39 Å². The molecule has 1 aliphatic heterocycles. The summed E-state index contributed by atoms with van der Waals surface area (Å²) >= 11 is 0. The average molecular weight is 308 g/mol. The first-order chi connectivity index (χ1) is 10.2. The van der Waals surface area contributed by atoms with Crippen molar-refractivity contribution in [2.45, 2.75) is 38.9 Å². The molecule has 0 radical (unpaired) electrons. The summed E-state index contributed by atoms with van der Waals surface area (Å²) in [7, 11) is 2.36. The molecule has 0 spiro atoms. The second-order valence-electron chi connectivity index (χ2n) is 6.25. The number of methoxy groups -OCH3 is 2. The van der Waals surface area contributed by atoms with Gasteiger partial charge < -0.3 is 18.8 Å². The molecule has 0 unspecified atom stereocenters. The lowest BCUT2D eigenvalue weighted by Gasteiger charge is -2.32. The first-order valence-corrected chi connectivity index (χ1v) is 7.14. The van der Waals surface area contributed by atoms with Gasteiger partial charge in [0.05, 0.1) is 37.2 Å². The first-order valence-electron chi connectivity index (χ1n) is 7.14. The van der Waals surface area contributed by atoms with Crippen LogP contribution in [0.2, 0.25) is 0 Å². The van der Waals surface area contributed by atoms with Gasteiger partial charge in [-0.05, 0) is 51.4 Å². The Hall–Kier alpha value is -1.53. The smallest absolute Gasteiger partial charge is 0.495 e. The van der Waals surface area contributed by atoms with E-state index < -0.39 is 24.1 Å². The second-order valence-corrected chi connectivity index (χ2v) is 6.25. The van der Waals surface area contributed by atoms with Gasteiger partial charge >= 0.3 is 7.12 Å². The monoisotopic (exact) mass is 308 g/mol. The van der Waals surface area contributed by atoms with E-state index in [1.807, 2.05) is 27.7 Å². The van der Waals surface area contributed by atoms with Crippen molar-refractivity contribution in [2.24, 2.45) is 0 Å². The van der Waals surface area contributed by atoms with Crippen LogP contribution in [0.1, 0.15) is 33.3 Å². The van der Waals surface area contributed by atoms with Crippen LogP contribution in [0.4, 0.5) is 4.39 Å². The molecule has 22 heavy (non-hydrogen) atoms. The maximum absolute atomic E-state index is 14.4. The maximum Gasteiger partial charge on any atom is 0.495 e. The summed E-state index contributed by atoms with van der Waals surface area (Å²) in [4.78, 5) is 0. The lowest BCUT2D eigenvalue weighted by atomic mass is 9.78. The van der Waals surface area contributed by atoms with Crippen LogP contribution >= 0.6 is 0 Å². The summed E-state index contributed by atoms with van der Waals surface area (Å²) in [6.45, 7) is 7.82. The van der Waals surface area contributed by atoms with Gasteiger partial charge in [-0.25, -0.2) is 4.39 Å². The molecule has 1 aromatic carbocycles. The SMILES string of the molecule is CO/C=C\c1c(F)cc(B2OC(C)(C)C(C)(C)O2)cc1OC. The summed E-state index contributed by atoms with van der Waals surface area (Å²) in [5, 5.41) is 0. The molecule has 1 aliphatic rings. The van der Waals surface area contributed by atoms with Crippen LogP contribution < -0.4 is 10.2 Å². The van der Waals surface area contributed by atoms with Gasteiger partial charge in [0, 0.05) is 0 Å². The van der Waals surface area contributed by atoms with Crippen LogP contribution in [0.5, 0.6) is 5.75 Å². The highest BCUT2D eigenvalue weighted by Crippen LogP contribution is 2.37. The van der Waals surface area contributed by atoms with Gasteiger partial charge in [0.2, 0.25) is 0 Å². The number of halogens is 1. The van der Waals surface area contributed by atoms with Crippen LogP contribution in [-0.4, -0.2) is 32.5 Å². The van der Waals surface area contributed by atoms with Crippen LogP contribution in [0, 0.1) is 5.82 Å². The predicted octanol–water partition coefficient (Wildman–Crippen LogP) is 2.75. The Balaban J connectivity index is 2.38. The maximum atomic E-state index is 14.4. The van der Waals surface area contributed by atoms with Crippen LogP contribution in [0.3, 0.4) is 0 Å². The molecule has 0 amide bonds. The standard InChI is InChI=1S/C16H22BFO4/c1-15(2)16(3,4)22-17(21-15)11-9-13(18)12(7-8-19-5)14(10-11)20-6/h7-10H,1-6H3/b8-7-. The Morgan fingerprint density at radius 3 is 2.18 bits per heavy atom. The lowest BCUT2D eigenvalue weighted by Crippen LogP contribution is -2.41. The molecule has 0 aliphatic carbocycles. The zero-order chi connectivity index (χ0) is 16.5. The van der Waals surface area contributed by atoms with Gasteiger partial charge in [0.1, 0.15) is 11.6 Å². The van der Waals surface area contributed by atoms with Crippen LogP contribution in [0.25, 0.3) is 6.08 Å². The molecule has 1 saturated heterocycles. The van der Waals surface area contributed by atoms with Gasteiger partial charge in [0.15, 0.2) is 0 Å². The third-order valence-electron chi connectivity index (χ3n) is 4.23. The Bertz CT molecular complexity index is 568. The topological polar surface area (TPSA) is 36.9 Å². The Morgan fingerprint density at radius 2 is 1.68 bits per heavy atom. The van der Waals surface area contributed by atoms with Crippen molar-refractivity contribution in [2.75, 3.05) is 14.2 Å². The number of ether oxygens (including phenoxy) is 2. The van der Waals surface area contributed by atoms with E-state index in [1.54, 1.807) is 6.07 Å². The van der Waals surface area contributed by atoms with Crippen molar-refractivity contribution < 1.29 is 23.2 Å². The third-order valence-corrected chi connectivity index (χ3v) is 4.23. The molecule has 1 fully saturated rings. The quantitative estimate of drug-likeness (QED) is 0.633. The van der Waals surface area contributed by atoms with Crippen molar-refractivity contribution in [1.29, 1.82) is 0 Å². The Kier molecular flexibility index (Phi) is 4.54. The van der Waals surface area contributed by atoms with Gasteiger partial charge in [0.25, 0.3) is 0 Å². The number of hydrogen-bond donors (Lipinski definition) is 0. The Labute approximate surface area is 131 Å². The van der Waals surface area contributed by atoms with E-state index >= 15 is 0 Å². The average Bonchev–Trinajstić information content (AvgIpc) is 2.65. The van der Waals surface area contributed by atoms with E-state index in [4.69, 9.17) is 18.8 Å². The summed E-state index contributed by atoms with van der Waals surface area (Å²) in [6, 6.07) is 3.13. The fraction of sp³-hybridized carbons (Fsp3) is 0.500. The fourth-order valence-corrected chi connectivity index (χ4v) is 2.19. The molecular weight excluding hydrogens is 286 g/mol. The molecule has 0 aromatic heterocycles. The van der Waals surface area contributed by atoms with Crippen LogP contribution in [0.15, 0.2) is 18.4 Å². The lowest BCUT2D eigenvalue weighted by molar-refractivity contribution is 0.00578. The molecule has 120 valence electrons. The highest BCUT2D eigenvalue weighted by Gasteiger charge is 2.51. The van der Waals surface area contributed by atoms with Gasteiger partial charge in [-0.1, -0.05) is 0 Å². The van der Waals surface area contributed by atoms with Gasteiger partial charge in [-0.15, -0.1) is 0 Å². The fourth-order valence-electron chi connectivity index (χ4n) is 2.19.